The van der Waals surface area contributed by atoms with Crippen LogP contribution in [-0.2, 0) is 0 Å². The summed E-state index contributed by atoms with van der Waals surface area (Å²) >= 11 is 0. The molecule has 1 atom stereocenters. The molecule has 0 bridgehead atoms. The van der Waals surface area contributed by atoms with Crippen LogP contribution in [0.2, 0.25) is 0 Å². The van der Waals surface area contributed by atoms with Gasteiger partial charge in [-0.2, -0.15) is 0 Å². The molecule has 1 rings (SSSR count). The molecule has 4 N–H and O–H groups in total. The second-order valence-electron chi connectivity index (χ2n) is 3.63. The van der Waals surface area contributed by atoms with E-state index in [4.69, 9.17) is 5.73 Å². The molecule has 0 aliphatic carbocycles. The van der Waals surface area contributed by atoms with E-state index in [1.807, 2.05) is 0 Å². The number of benzene rings is 1. The third-order valence-corrected chi connectivity index (χ3v) is 2.31. The largest absolute Gasteiger partial charge is 0.398 e. The zero-order valence-corrected chi connectivity index (χ0v) is 9.34. The van der Waals surface area contributed by atoms with Gasteiger partial charge in [0, 0.05) is 18.3 Å². The van der Waals surface area contributed by atoms with E-state index in [0.29, 0.717) is 6.42 Å². The normalized spacial score (nSPS) is 12.2. The summed E-state index contributed by atoms with van der Waals surface area (Å²) in [5.74, 6) is -2.89. The summed E-state index contributed by atoms with van der Waals surface area (Å²) in [6.45, 7) is 1.79. The summed E-state index contributed by atoms with van der Waals surface area (Å²) in [4.78, 5) is 11.6. The van der Waals surface area contributed by atoms with Gasteiger partial charge in [0.05, 0.1) is 11.7 Å². The number of rotatable bonds is 4. The van der Waals surface area contributed by atoms with Crippen molar-refractivity contribution in [1.29, 1.82) is 0 Å². The topological polar surface area (TPSA) is 75.3 Å². The highest BCUT2D eigenvalue weighted by Crippen LogP contribution is 2.16. The molecule has 1 unspecified atom stereocenters. The fourth-order valence-electron chi connectivity index (χ4n) is 1.21. The lowest BCUT2D eigenvalue weighted by Crippen LogP contribution is -2.32. The second kappa shape index (κ2) is 5.58. The maximum atomic E-state index is 12.9. The lowest BCUT2D eigenvalue weighted by atomic mass is 10.1. The van der Waals surface area contributed by atoms with Crippen molar-refractivity contribution in [3.8, 4) is 0 Å². The standard InChI is InChI=1S/C11H14F2N2O2/c1-2-6(16)5-15-11(17)7-3-8(12)9(13)4-10(7)14/h3-4,6,16H,2,5,14H2,1H3,(H,15,17). The first-order valence-electron chi connectivity index (χ1n) is 5.16. The van der Waals surface area contributed by atoms with Crippen molar-refractivity contribution in [3.05, 3.63) is 29.3 Å². The van der Waals surface area contributed by atoms with Crippen LogP contribution in [0.25, 0.3) is 0 Å². The quantitative estimate of drug-likeness (QED) is 0.693. The van der Waals surface area contributed by atoms with Gasteiger partial charge in [0.25, 0.3) is 5.91 Å². The van der Waals surface area contributed by atoms with Gasteiger partial charge in [-0.15, -0.1) is 0 Å². The number of halogens is 2. The minimum Gasteiger partial charge on any atom is -0.398 e. The van der Waals surface area contributed by atoms with E-state index in [-0.39, 0.29) is 17.8 Å². The molecule has 4 nitrogen and oxygen atoms in total. The molecule has 0 fully saturated rings. The fourth-order valence-corrected chi connectivity index (χ4v) is 1.21. The van der Waals surface area contributed by atoms with E-state index >= 15 is 0 Å². The van der Waals surface area contributed by atoms with Crippen molar-refractivity contribution in [2.24, 2.45) is 0 Å². The first kappa shape index (κ1) is 13.4. The minimum absolute atomic E-state index is 0.0355. The van der Waals surface area contributed by atoms with Crippen molar-refractivity contribution in [1.82, 2.24) is 5.32 Å². The van der Waals surface area contributed by atoms with Crippen molar-refractivity contribution >= 4 is 11.6 Å². The Morgan fingerprint density at radius 2 is 2.06 bits per heavy atom. The Hall–Kier alpha value is -1.69. The van der Waals surface area contributed by atoms with Crippen LogP contribution < -0.4 is 11.1 Å². The lowest BCUT2D eigenvalue weighted by Gasteiger charge is -2.11. The van der Waals surface area contributed by atoms with Gasteiger partial charge in [-0.3, -0.25) is 4.79 Å². The molecule has 0 aromatic heterocycles. The van der Waals surface area contributed by atoms with Crippen molar-refractivity contribution in [3.63, 3.8) is 0 Å². The fraction of sp³-hybridized carbons (Fsp3) is 0.364. The Bertz CT molecular complexity index is 424. The third kappa shape index (κ3) is 3.39. The van der Waals surface area contributed by atoms with E-state index in [9.17, 15) is 18.7 Å². The lowest BCUT2D eigenvalue weighted by molar-refractivity contribution is 0.0914. The van der Waals surface area contributed by atoms with Gasteiger partial charge in [0.2, 0.25) is 0 Å². The molecule has 6 heteroatoms. The van der Waals surface area contributed by atoms with Gasteiger partial charge >= 0.3 is 0 Å². The first-order valence-corrected chi connectivity index (χ1v) is 5.16. The summed E-state index contributed by atoms with van der Waals surface area (Å²) in [5.41, 5.74) is 5.11. The van der Waals surface area contributed by atoms with Gasteiger partial charge in [-0.05, 0) is 12.5 Å². The Labute approximate surface area is 97.4 Å². The van der Waals surface area contributed by atoms with Gasteiger partial charge in [0.1, 0.15) is 0 Å². The molecule has 1 amide bonds. The highest BCUT2D eigenvalue weighted by molar-refractivity contribution is 5.99. The number of carbonyl (C=O) groups excluding carboxylic acids is 1. The molecule has 0 aliphatic heterocycles. The minimum atomic E-state index is -1.14. The van der Waals surface area contributed by atoms with Crippen LogP contribution in [-0.4, -0.2) is 23.7 Å². The third-order valence-electron chi connectivity index (χ3n) is 2.31. The summed E-state index contributed by atoms with van der Waals surface area (Å²) in [5, 5.41) is 11.6. The predicted molar refractivity (Wildman–Crippen MR) is 59.4 cm³/mol. The number of aliphatic hydroxyl groups is 1. The number of nitrogens with one attached hydrogen (secondary N) is 1. The molecule has 94 valence electrons. The zero-order valence-electron chi connectivity index (χ0n) is 9.34. The summed E-state index contributed by atoms with van der Waals surface area (Å²) in [6, 6.07) is 1.48. The second-order valence-corrected chi connectivity index (χ2v) is 3.63. The number of carbonyl (C=O) groups is 1. The molecular weight excluding hydrogens is 230 g/mol. The number of aliphatic hydroxyl groups excluding tert-OH is 1. The average Bonchev–Trinajstić information content (AvgIpc) is 2.30. The highest BCUT2D eigenvalue weighted by atomic mass is 19.2. The Kier molecular flexibility index (Phi) is 4.39. The molecule has 0 aliphatic rings. The van der Waals surface area contributed by atoms with Crippen LogP contribution in [0.4, 0.5) is 14.5 Å². The Morgan fingerprint density at radius 3 is 2.65 bits per heavy atom. The average molecular weight is 244 g/mol. The van der Waals surface area contributed by atoms with Crippen LogP contribution in [0, 0.1) is 11.6 Å². The molecule has 17 heavy (non-hydrogen) atoms. The van der Waals surface area contributed by atoms with Crippen LogP contribution in [0.5, 0.6) is 0 Å². The van der Waals surface area contributed by atoms with Crippen molar-refractivity contribution < 1.29 is 18.7 Å². The molecule has 0 radical (unpaired) electrons. The smallest absolute Gasteiger partial charge is 0.253 e. The molecule has 1 aromatic rings. The van der Waals surface area contributed by atoms with Crippen LogP contribution in [0.3, 0.4) is 0 Å². The molecule has 0 saturated heterocycles. The Morgan fingerprint density at radius 1 is 1.47 bits per heavy atom. The monoisotopic (exact) mass is 244 g/mol. The first-order chi connectivity index (χ1) is 7.95. The number of hydrogen-bond donors (Lipinski definition) is 3. The number of nitrogen functional groups attached to an aromatic ring is 1. The van der Waals surface area contributed by atoms with Crippen molar-refractivity contribution in [2.45, 2.75) is 19.4 Å². The predicted octanol–water partition coefficient (Wildman–Crippen LogP) is 1.05. The highest BCUT2D eigenvalue weighted by Gasteiger charge is 2.14. The van der Waals surface area contributed by atoms with Crippen molar-refractivity contribution in [2.75, 3.05) is 12.3 Å². The number of hydrogen-bond acceptors (Lipinski definition) is 3. The van der Waals surface area contributed by atoms with Crippen LogP contribution in [0.1, 0.15) is 23.7 Å². The summed E-state index contributed by atoms with van der Waals surface area (Å²) in [6.07, 6.45) is -0.196. The van der Waals surface area contributed by atoms with E-state index in [1.165, 1.54) is 0 Å². The summed E-state index contributed by atoms with van der Waals surface area (Å²) in [7, 11) is 0. The number of amides is 1. The molecule has 0 heterocycles. The van der Waals surface area contributed by atoms with E-state index in [0.717, 1.165) is 12.1 Å². The van der Waals surface area contributed by atoms with E-state index < -0.39 is 23.6 Å². The van der Waals surface area contributed by atoms with Gasteiger partial charge < -0.3 is 16.2 Å². The summed E-state index contributed by atoms with van der Waals surface area (Å²) < 4.78 is 25.7. The maximum absolute atomic E-state index is 12.9. The Balaban J connectivity index is 2.79. The van der Waals surface area contributed by atoms with Crippen LogP contribution in [0.15, 0.2) is 12.1 Å². The molecule has 1 aromatic carbocycles. The number of nitrogens with two attached hydrogens (primary N) is 1. The van der Waals surface area contributed by atoms with Gasteiger partial charge in [-0.1, -0.05) is 6.92 Å². The van der Waals surface area contributed by atoms with E-state index in [1.54, 1.807) is 6.92 Å². The van der Waals surface area contributed by atoms with Crippen LogP contribution >= 0.6 is 0 Å². The molecule has 0 spiro atoms. The maximum Gasteiger partial charge on any atom is 0.253 e. The molecule has 0 saturated carbocycles. The van der Waals surface area contributed by atoms with E-state index in [2.05, 4.69) is 5.32 Å². The SMILES string of the molecule is CCC(O)CNC(=O)c1cc(F)c(F)cc1N. The number of anilines is 1. The van der Waals surface area contributed by atoms with Gasteiger partial charge in [-0.25, -0.2) is 8.78 Å². The van der Waals surface area contributed by atoms with Gasteiger partial charge in [0.15, 0.2) is 11.6 Å². The molecular formula is C11H14F2N2O2. The zero-order chi connectivity index (χ0) is 13.0.